The van der Waals surface area contributed by atoms with Crippen molar-refractivity contribution >= 4 is 42.4 Å². The van der Waals surface area contributed by atoms with Crippen LogP contribution in [0.4, 0.5) is 5.69 Å². The fraction of sp³-hybridized carbons (Fsp3) is 0.0833. The van der Waals surface area contributed by atoms with E-state index in [1.54, 1.807) is 18.2 Å². The Balaban J connectivity index is 2.37. The summed E-state index contributed by atoms with van der Waals surface area (Å²) in [7, 11) is -3.58. The first-order valence-corrected chi connectivity index (χ1v) is 7.51. The monoisotopic (exact) mass is 324 g/mol. The SMILES string of the molecule is N#CCS(=O)(=O)Nc1ccc2cc(Br)ccc2c1. The summed E-state index contributed by atoms with van der Waals surface area (Å²) in [5.74, 6) is -0.550. The Morgan fingerprint density at radius 3 is 2.56 bits per heavy atom. The fourth-order valence-corrected chi connectivity index (χ4v) is 2.69. The van der Waals surface area contributed by atoms with Crippen LogP contribution in [0.1, 0.15) is 0 Å². The molecule has 0 amide bonds. The summed E-state index contributed by atoms with van der Waals surface area (Å²) in [6.45, 7) is 0. The molecule has 2 rings (SSSR count). The van der Waals surface area contributed by atoms with Crippen LogP contribution >= 0.6 is 15.9 Å². The molecular weight excluding hydrogens is 316 g/mol. The van der Waals surface area contributed by atoms with Crippen LogP contribution in [0.3, 0.4) is 0 Å². The molecule has 0 unspecified atom stereocenters. The van der Waals surface area contributed by atoms with Crippen molar-refractivity contribution in [3.63, 3.8) is 0 Å². The molecule has 0 aliphatic rings. The van der Waals surface area contributed by atoms with Crippen LogP contribution in [-0.2, 0) is 10.0 Å². The molecule has 0 aliphatic heterocycles. The maximum absolute atomic E-state index is 11.4. The van der Waals surface area contributed by atoms with Gasteiger partial charge in [-0.3, -0.25) is 4.72 Å². The Hall–Kier alpha value is -1.58. The number of nitriles is 1. The van der Waals surface area contributed by atoms with E-state index >= 15 is 0 Å². The van der Waals surface area contributed by atoms with Crippen LogP contribution in [0.5, 0.6) is 0 Å². The van der Waals surface area contributed by atoms with Gasteiger partial charge in [0.1, 0.15) is 0 Å². The molecular formula is C12H9BrN2O2S. The van der Waals surface area contributed by atoms with Crippen LogP contribution in [0.15, 0.2) is 40.9 Å². The van der Waals surface area contributed by atoms with Gasteiger partial charge >= 0.3 is 0 Å². The van der Waals surface area contributed by atoms with Gasteiger partial charge in [0.05, 0.1) is 6.07 Å². The molecule has 0 radical (unpaired) electrons. The summed E-state index contributed by atoms with van der Waals surface area (Å²) in [6, 6.07) is 12.6. The van der Waals surface area contributed by atoms with E-state index in [0.29, 0.717) is 5.69 Å². The lowest BCUT2D eigenvalue weighted by Gasteiger charge is -2.06. The smallest absolute Gasteiger partial charge is 0.246 e. The van der Waals surface area contributed by atoms with E-state index in [4.69, 9.17) is 5.26 Å². The number of fused-ring (bicyclic) bond motifs is 1. The molecule has 2 aromatic carbocycles. The quantitative estimate of drug-likeness (QED) is 0.943. The number of nitrogens with one attached hydrogen (secondary N) is 1. The maximum atomic E-state index is 11.4. The lowest BCUT2D eigenvalue weighted by Crippen LogP contribution is -2.15. The van der Waals surface area contributed by atoms with Crippen molar-refractivity contribution in [1.82, 2.24) is 0 Å². The molecule has 0 aromatic heterocycles. The second-order valence-corrected chi connectivity index (χ2v) is 6.36. The molecule has 2 aromatic rings. The van der Waals surface area contributed by atoms with Crippen LogP contribution in [0.25, 0.3) is 10.8 Å². The molecule has 4 nitrogen and oxygen atoms in total. The largest absolute Gasteiger partial charge is 0.283 e. The molecule has 0 heterocycles. The highest BCUT2D eigenvalue weighted by molar-refractivity contribution is 9.10. The number of benzene rings is 2. The van der Waals surface area contributed by atoms with E-state index in [1.807, 2.05) is 24.3 Å². The van der Waals surface area contributed by atoms with Crippen LogP contribution in [0.2, 0.25) is 0 Å². The number of hydrogen-bond acceptors (Lipinski definition) is 3. The zero-order valence-corrected chi connectivity index (χ0v) is 11.6. The normalized spacial score (nSPS) is 11.1. The lowest BCUT2D eigenvalue weighted by atomic mass is 10.1. The van der Waals surface area contributed by atoms with Gasteiger partial charge in [0.15, 0.2) is 5.75 Å². The van der Waals surface area contributed by atoms with Gasteiger partial charge in [-0.1, -0.05) is 28.1 Å². The first-order chi connectivity index (χ1) is 8.50. The van der Waals surface area contributed by atoms with Crippen LogP contribution < -0.4 is 4.72 Å². The molecule has 0 bridgehead atoms. The molecule has 92 valence electrons. The fourth-order valence-electron chi connectivity index (χ4n) is 1.58. The third-order valence-corrected chi connectivity index (χ3v) is 3.88. The standard InChI is InChI=1S/C12H9BrN2O2S/c13-11-3-1-10-8-12(4-2-9(10)7-11)15-18(16,17)6-5-14/h1-4,7-8,15H,6H2. The number of halogens is 1. The van der Waals surface area contributed by atoms with Crippen molar-refractivity contribution in [2.24, 2.45) is 0 Å². The summed E-state index contributed by atoms with van der Waals surface area (Å²) >= 11 is 3.37. The highest BCUT2D eigenvalue weighted by Gasteiger charge is 2.09. The van der Waals surface area contributed by atoms with E-state index < -0.39 is 15.8 Å². The first kappa shape index (κ1) is 12.9. The van der Waals surface area contributed by atoms with Gasteiger partial charge < -0.3 is 0 Å². The van der Waals surface area contributed by atoms with E-state index in [1.165, 1.54) is 0 Å². The van der Waals surface area contributed by atoms with Gasteiger partial charge in [-0.25, -0.2) is 8.42 Å². The molecule has 0 fully saturated rings. The van der Waals surface area contributed by atoms with E-state index in [0.717, 1.165) is 15.2 Å². The highest BCUT2D eigenvalue weighted by atomic mass is 79.9. The molecule has 0 aliphatic carbocycles. The molecule has 0 saturated heterocycles. The van der Waals surface area contributed by atoms with Gasteiger partial charge in [-0.2, -0.15) is 5.26 Å². The van der Waals surface area contributed by atoms with Crippen molar-refractivity contribution in [3.05, 3.63) is 40.9 Å². The Kier molecular flexibility index (Phi) is 3.55. The van der Waals surface area contributed by atoms with Gasteiger partial charge in [-0.15, -0.1) is 0 Å². The predicted molar refractivity (Wildman–Crippen MR) is 74.7 cm³/mol. The number of anilines is 1. The number of nitrogens with zero attached hydrogens (tertiary/aromatic N) is 1. The Labute approximate surface area is 113 Å². The molecule has 0 atom stereocenters. The second kappa shape index (κ2) is 4.96. The summed E-state index contributed by atoms with van der Waals surface area (Å²) < 4.78 is 26.2. The van der Waals surface area contributed by atoms with Crippen molar-refractivity contribution < 1.29 is 8.42 Å². The predicted octanol–water partition coefficient (Wildman–Crippen LogP) is 2.87. The van der Waals surface area contributed by atoms with Crippen LogP contribution in [-0.4, -0.2) is 14.2 Å². The summed E-state index contributed by atoms with van der Waals surface area (Å²) in [4.78, 5) is 0. The first-order valence-electron chi connectivity index (χ1n) is 5.07. The summed E-state index contributed by atoms with van der Waals surface area (Å²) in [5, 5.41) is 10.3. The highest BCUT2D eigenvalue weighted by Crippen LogP contribution is 2.23. The Bertz CT molecular complexity index is 735. The van der Waals surface area contributed by atoms with Crippen molar-refractivity contribution in [2.45, 2.75) is 0 Å². The Morgan fingerprint density at radius 2 is 1.83 bits per heavy atom. The minimum Gasteiger partial charge on any atom is -0.283 e. The third-order valence-electron chi connectivity index (χ3n) is 2.33. The topological polar surface area (TPSA) is 70.0 Å². The minimum absolute atomic E-state index is 0.458. The van der Waals surface area contributed by atoms with E-state index in [2.05, 4.69) is 20.7 Å². The average Bonchev–Trinajstić information content (AvgIpc) is 2.28. The van der Waals surface area contributed by atoms with E-state index in [9.17, 15) is 8.42 Å². The van der Waals surface area contributed by atoms with Crippen molar-refractivity contribution in [2.75, 3.05) is 10.5 Å². The lowest BCUT2D eigenvalue weighted by molar-refractivity contribution is 0.604. The molecule has 1 N–H and O–H groups in total. The van der Waals surface area contributed by atoms with Crippen LogP contribution in [0, 0.1) is 11.3 Å². The molecule has 0 spiro atoms. The number of rotatable bonds is 3. The molecule has 6 heteroatoms. The zero-order chi connectivity index (χ0) is 13.2. The number of hydrogen-bond donors (Lipinski definition) is 1. The second-order valence-electron chi connectivity index (χ2n) is 3.73. The minimum atomic E-state index is -3.58. The van der Waals surface area contributed by atoms with Gasteiger partial charge in [0, 0.05) is 10.2 Å². The van der Waals surface area contributed by atoms with Gasteiger partial charge in [0.25, 0.3) is 0 Å². The zero-order valence-electron chi connectivity index (χ0n) is 9.22. The number of sulfonamides is 1. The summed E-state index contributed by atoms with van der Waals surface area (Å²) in [5.41, 5.74) is 0.458. The Morgan fingerprint density at radius 1 is 1.17 bits per heavy atom. The average molecular weight is 325 g/mol. The molecule has 0 saturated carbocycles. The van der Waals surface area contributed by atoms with Crippen molar-refractivity contribution in [3.8, 4) is 6.07 Å². The van der Waals surface area contributed by atoms with Crippen molar-refractivity contribution in [1.29, 1.82) is 5.26 Å². The third kappa shape index (κ3) is 3.00. The summed E-state index contributed by atoms with van der Waals surface area (Å²) in [6.07, 6.45) is 0. The van der Waals surface area contributed by atoms with E-state index in [-0.39, 0.29) is 0 Å². The maximum Gasteiger partial charge on any atom is 0.246 e. The van der Waals surface area contributed by atoms with Gasteiger partial charge in [0.2, 0.25) is 10.0 Å². The molecule has 18 heavy (non-hydrogen) atoms. The van der Waals surface area contributed by atoms with Gasteiger partial charge in [-0.05, 0) is 35.0 Å².